The van der Waals surface area contributed by atoms with Gasteiger partial charge in [0, 0.05) is 25.4 Å². The summed E-state index contributed by atoms with van der Waals surface area (Å²) in [5.41, 5.74) is 2.51. The van der Waals surface area contributed by atoms with Crippen molar-refractivity contribution < 1.29 is 14.3 Å². The fourth-order valence-electron chi connectivity index (χ4n) is 2.80. The smallest absolute Gasteiger partial charge is 0.339 e. The molecule has 3 rings (SSSR count). The zero-order chi connectivity index (χ0) is 19.9. The van der Waals surface area contributed by atoms with Crippen LogP contribution in [0.2, 0.25) is 0 Å². The molecule has 0 aliphatic carbocycles. The lowest BCUT2D eigenvalue weighted by molar-refractivity contribution is 0.0601. The Hall–Kier alpha value is -3.67. The molecule has 1 heterocycles. The first-order valence-corrected chi connectivity index (χ1v) is 8.78. The van der Waals surface area contributed by atoms with E-state index in [1.54, 1.807) is 54.5 Å². The average molecular weight is 375 g/mol. The minimum Gasteiger partial charge on any atom is -0.465 e. The van der Waals surface area contributed by atoms with Crippen molar-refractivity contribution in [1.82, 2.24) is 9.88 Å². The molecule has 1 amide bonds. The van der Waals surface area contributed by atoms with Crippen LogP contribution in [0.5, 0.6) is 0 Å². The minimum atomic E-state index is -0.446. The van der Waals surface area contributed by atoms with E-state index in [0.29, 0.717) is 29.2 Å². The number of carbonyl (C=O) groups is 2. The maximum absolute atomic E-state index is 12.8. The third-order valence-electron chi connectivity index (χ3n) is 4.21. The monoisotopic (exact) mass is 375 g/mol. The van der Waals surface area contributed by atoms with E-state index < -0.39 is 5.97 Å². The number of hydrogen-bond acceptors (Lipinski definition) is 5. The average Bonchev–Trinajstić information content (AvgIpc) is 2.74. The van der Waals surface area contributed by atoms with E-state index in [1.165, 1.54) is 7.11 Å². The van der Waals surface area contributed by atoms with E-state index >= 15 is 0 Å². The summed E-state index contributed by atoms with van der Waals surface area (Å²) in [6.07, 6.45) is 1.56. The molecule has 6 heteroatoms. The van der Waals surface area contributed by atoms with Gasteiger partial charge < -0.3 is 15.0 Å². The van der Waals surface area contributed by atoms with Gasteiger partial charge in [-0.1, -0.05) is 42.5 Å². The molecular formula is C22H21N3O3. The molecule has 3 aromatic rings. The van der Waals surface area contributed by atoms with Gasteiger partial charge in [0.1, 0.15) is 5.82 Å². The molecule has 0 unspecified atom stereocenters. The number of nitrogens with one attached hydrogen (secondary N) is 1. The fraction of sp³-hybridized carbons (Fsp3) is 0.136. The third-order valence-corrected chi connectivity index (χ3v) is 4.21. The van der Waals surface area contributed by atoms with Crippen molar-refractivity contribution in [2.75, 3.05) is 19.5 Å². The number of nitrogens with zero attached hydrogens (tertiary/aromatic N) is 2. The maximum atomic E-state index is 12.8. The Morgan fingerprint density at radius 1 is 1.04 bits per heavy atom. The van der Waals surface area contributed by atoms with Crippen molar-refractivity contribution in [2.45, 2.75) is 6.54 Å². The number of para-hydroxylation sites is 1. The van der Waals surface area contributed by atoms with Crippen molar-refractivity contribution in [2.24, 2.45) is 0 Å². The van der Waals surface area contributed by atoms with Gasteiger partial charge in [-0.05, 0) is 29.8 Å². The normalized spacial score (nSPS) is 10.2. The molecule has 0 aliphatic rings. The highest BCUT2D eigenvalue weighted by molar-refractivity contribution is 5.97. The highest BCUT2D eigenvalue weighted by Crippen LogP contribution is 2.21. The molecule has 0 atom stereocenters. The summed E-state index contributed by atoms with van der Waals surface area (Å²) in [6.45, 7) is 0.510. The molecule has 0 radical (unpaired) electrons. The number of benzene rings is 2. The Labute approximate surface area is 163 Å². The molecule has 1 N–H and O–H groups in total. The summed E-state index contributed by atoms with van der Waals surface area (Å²) < 4.78 is 4.80. The number of esters is 1. The van der Waals surface area contributed by atoms with Gasteiger partial charge in [0.05, 0.1) is 18.4 Å². The molecule has 1 aromatic heterocycles. The zero-order valence-electron chi connectivity index (χ0n) is 15.8. The number of methoxy groups -OCH3 is 1. The molecule has 0 saturated heterocycles. The lowest BCUT2D eigenvalue weighted by Crippen LogP contribution is -2.26. The Bertz CT molecular complexity index is 974. The van der Waals surface area contributed by atoms with Gasteiger partial charge >= 0.3 is 5.97 Å². The maximum Gasteiger partial charge on any atom is 0.339 e. The summed E-state index contributed by atoms with van der Waals surface area (Å²) in [5.74, 6) is -0.0937. The van der Waals surface area contributed by atoms with Crippen LogP contribution in [-0.4, -0.2) is 35.9 Å². The van der Waals surface area contributed by atoms with Crippen molar-refractivity contribution in [3.63, 3.8) is 0 Å². The highest BCUT2D eigenvalue weighted by atomic mass is 16.5. The van der Waals surface area contributed by atoms with Crippen molar-refractivity contribution in [1.29, 1.82) is 0 Å². The number of aromatic nitrogens is 1. The molecule has 0 spiro atoms. The van der Waals surface area contributed by atoms with Crippen LogP contribution in [0, 0.1) is 0 Å². The minimum absolute atomic E-state index is 0.115. The van der Waals surface area contributed by atoms with Crippen LogP contribution in [0.4, 0.5) is 11.5 Å². The SMILES string of the molecule is COC(=O)c1ccccc1Nc1cc(C(=O)N(C)Cc2ccccc2)ccn1. The first kappa shape index (κ1) is 19.1. The first-order valence-electron chi connectivity index (χ1n) is 8.78. The summed E-state index contributed by atoms with van der Waals surface area (Å²) in [4.78, 5) is 30.6. The lowest BCUT2D eigenvalue weighted by atomic mass is 10.1. The summed E-state index contributed by atoms with van der Waals surface area (Å²) in [6, 6.07) is 20.1. The number of amides is 1. The van der Waals surface area contributed by atoms with Crippen molar-refractivity contribution in [3.05, 3.63) is 89.6 Å². The summed E-state index contributed by atoms with van der Waals surface area (Å²) >= 11 is 0. The van der Waals surface area contributed by atoms with Crippen LogP contribution < -0.4 is 5.32 Å². The van der Waals surface area contributed by atoms with Crippen LogP contribution >= 0.6 is 0 Å². The quantitative estimate of drug-likeness (QED) is 0.662. The van der Waals surface area contributed by atoms with E-state index in [4.69, 9.17) is 4.74 Å². The van der Waals surface area contributed by atoms with Crippen LogP contribution in [0.1, 0.15) is 26.3 Å². The van der Waals surface area contributed by atoms with Crippen LogP contribution in [0.25, 0.3) is 0 Å². The zero-order valence-corrected chi connectivity index (χ0v) is 15.8. The van der Waals surface area contributed by atoms with E-state index in [0.717, 1.165) is 5.56 Å². The van der Waals surface area contributed by atoms with Crippen LogP contribution in [-0.2, 0) is 11.3 Å². The number of carbonyl (C=O) groups excluding carboxylic acids is 2. The number of rotatable bonds is 6. The number of hydrogen-bond donors (Lipinski definition) is 1. The second-order valence-electron chi connectivity index (χ2n) is 6.24. The molecule has 6 nitrogen and oxygen atoms in total. The Kier molecular flexibility index (Phi) is 6.01. The van der Waals surface area contributed by atoms with Gasteiger partial charge in [0.2, 0.25) is 0 Å². The summed E-state index contributed by atoms with van der Waals surface area (Å²) in [5, 5.41) is 3.09. The van der Waals surface area contributed by atoms with Gasteiger partial charge in [0.15, 0.2) is 0 Å². The number of pyridine rings is 1. The molecule has 0 saturated carbocycles. The molecule has 0 bridgehead atoms. The summed E-state index contributed by atoms with van der Waals surface area (Å²) in [7, 11) is 3.09. The Balaban J connectivity index is 1.77. The molecule has 28 heavy (non-hydrogen) atoms. The highest BCUT2D eigenvalue weighted by Gasteiger charge is 2.15. The van der Waals surface area contributed by atoms with Crippen LogP contribution in [0.3, 0.4) is 0 Å². The second-order valence-corrected chi connectivity index (χ2v) is 6.24. The van der Waals surface area contributed by atoms with E-state index in [-0.39, 0.29) is 5.91 Å². The standard InChI is InChI=1S/C22H21N3O3/c1-25(15-16-8-4-3-5-9-16)21(26)17-12-13-23-20(14-17)24-19-11-7-6-10-18(19)22(27)28-2/h3-14H,15H2,1-2H3,(H,23,24). The molecule has 142 valence electrons. The molecule has 0 fully saturated rings. The fourth-order valence-corrected chi connectivity index (χ4v) is 2.80. The number of anilines is 2. The van der Waals surface area contributed by atoms with Crippen molar-refractivity contribution in [3.8, 4) is 0 Å². The predicted molar refractivity (Wildman–Crippen MR) is 108 cm³/mol. The molecule has 2 aromatic carbocycles. The van der Waals surface area contributed by atoms with E-state index in [9.17, 15) is 9.59 Å². The predicted octanol–water partition coefficient (Wildman–Crippen LogP) is 3.88. The van der Waals surface area contributed by atoms with Gasteiger partial charge in [-0.25, -0.2) is 9.78 Å². The molecule has 0 aliphatic heterocycles. The van der Waals surface area contributed by atoms with Crippen LogP contribution in [0.15, 0.2) is 72.9 Å². The van der Waals surface area contributed by atoms with E-state index in [1.807, 2.05) is 30.3 Å². The topological polar surface area (TPSA) is 71.5 Å². The largest absolute Gasteiger partial charge is 0.465 e. The van der Waals surface area contributed by atoms with Gasteiger partial charge in [-0.3, -0.25) is 4.79 Å². The Morgan fingerprint density at radius 3 is 2.50 bits per heavy atom. The van der Waals surface area contributed by atoms with Gasteiger partial charge in [-0.2, -0.15) is 0 Å². The lowest BCUT2D eigenvalue weighted by Gasteiger charge is -2.18. The number of ether oxygens (including phenoxy) is 1. The first-order chi connectivity index (χ1) is 13.6. The van der Waals surface area contributed by atoms with Gasteiger partial charge in [0.25, 0.3) is 5.91 Å². The van der Waals surface area contributed by atoms with E-state index in [2.05, 4.69) is 10.3 Å². The molecular weight excluding hydrogens is 354 g/mol. The second kappa shape index (κ2) is 8.81. The van der Waals surface area contributed by atoms with Crippen molar-refractivity contribution >= 4 is 23.4 Å². The van der Waals surface area contributed by atoms with Gasteiger partial charge in [-0.15, -0.1) is 0 Å². The third kappa shape index (κ3) is 4.54. The Morgan fingerprint density at radius 2 is 1.75 bits per heavy atom.